The van der Waals surface area contributed by atoms with E-state index >= 15 is 0 Å². The molecular weight excluding hydrogens is 500 g/mol. The van der Waals surface area contributed by atoms with Crippen LogP contribution in [0.15, 0.2) is 96.3 Å². The zero-order valence-electron chi connectivity index (χ0n) is 21.4. The molecule has 8 nitrogen and oxygen atoms in total. The summed E-state index contributed by atoms with van der Waals surface area (Å²) in [6.45, 7) is 0.412. The molecule has 0 saturated carbocycles. The molecule has 5 aromatic rings. The molecule has 0 aliphatic rings. The first kappa shape index (κ1) is 25.8. The van der Waals surface area contributed by atoms with E-state index in [2.05, 4.69) is 20.6 Å². The number of para-hydroxylation sites is 2. The second-order valence-electron chi connectivity index (χ2n) is 9.10. The van der Waals surface area contributed by atoms with E-state index < -0.39 is 11.8 Å². The van der Waals surface area contributed by atoms with Crippen LogP contribution in [0.1, 0.15) is 22.3 Å². The maximum Gasteiger partial charge on any atom is 0.262 e. The Morgan fingerprint density at radius 3 is 1.57 bits per heavy atom. The van der Waals surface area contributed by atoms with Gasteiger partial charge >= 0.3 is 0 Å². The Kier molecular flexibility index (Phi) is 7.53. The first-order valence-corrected chi connectivity index (χ1v) is 12.6. The number of hydrogen-bond acceptors (Lipinski definition) is 4. The number of carbonyl (C=O) groups is 2. The number of fused-ring (bicyclic) bond motifs is 2. The molecule has 0 saturated heterocycles. The molecule has 2 amide bonds. The van der Waals surface area contributed by atoms with Crippen LogP contribution in [0.3, 0.4) is 0 Å². The van der Waals surface area contributed by atoms with Gasteiger partial charge in [0.2, 0.25) is 0 Å². The Morgan fingerprint density at radius 1 is 0.675 bits per heavy atom. The minimum Gasteiger partial charge on any atom is -0.361 e. The van der Waals surface area contributed by atoms with Gasteiger partial charge in [-0.1, -0.05) is 60.7 Å². The van der Waals surface area contributed by atoms with Crippen molar-refractivity contribution < 1.29 is 9.59 Å². The number of aromatic nitrogens is 2. The van der Waals surface area contributed by atoms with Crippen molar-refractivity contribution >= 4 is 45.8 Å². The van der Waals surface area contributed by atoms with Gasteiger partial charge in [0.05, 0.1) is 0 Å². The van der Waals surface area contributed by atoms with Crippen LogP contribution in [0.2, 0.25) is 0 Å². The van der Waals surface area contributed by atoms with Crippen molar-refractivity contribution in [3.63, 3.8) is 0 Å². The molecule has 3 aromatic carbocycles. The SMILES string of the molecule is N#C/C(=C/c1c[nH]c2ccccc12)C(=O)NCc1cccc(CNC(=O)/C(C#N)=C\c2c[nH]c3ccccc23)c1. The number of rotatable bonds is 8. The number of aromatic amines is 2. The molecule has 0 atom stereocenters. The van der Waals surface area contributed by atoms with Crippen molar-refractivity contribution in [3.8, 4) is 12.1 Å². The van der Waals surface area contributed by atoms with Gasteiger partial charge in [0.1, 0.15) is 23.3 Å². The Hall–Kier alpha value is -5.86. The molecule has 0 aliphatic carbocycles. The molecule has 2 aromatic heterocycles. The van der Waals surface area contributed by atoms with E-state index in [1.54, 1.807) is 24.5 Å². The van der Waals surface area contributed by atoms with Gasteiger partial charge in [-0.05, 0) is 35.4 Å². The standard InChI is InChI=1S/C32H24N6O2/c33-15-23(13-25-19-35-29-10-3-1-8-27(25)29)31(39)37-17-21-6-5-7-22(12-21)18-38-32(40)24(16-34)14-26-20-36-30-11-4-2-9-28(26)30/h1-14,19-20,35-36H,17-18H2,(H,37,39)(H,38,40)/b23-13-,24-14-. The monoisotopic (exact) mass is 524 g/mol. The maximum atomic E-state index is 12.7. The molecule has 0 aliphatic heterocycles. The molecule has 40 heavy (non-hydrogen) atoms. The normalized spacial score (nSPS) is 11.7. The first-order chi connectivity index (χ1) is 19.6. The summed E-state index contributed by atoms with van der Waals surface area (Å²) in [5.74, 6) is -0.958. The summed E-state index contributed by atoms with van der Waals surface area (Å²) < 4.78 is 0. The highest BCUT2D eigenvalue weighted by atomic mass is 16.2. The Balaban J connectivity index is 1.21. The molecule has 0 radical (unpaired) electrons. The van der Waals surface area contributed by atoms with Crippen LogP contribution < -0.4 is 10.6 Å². The van der Waals surface area contributed by atoms with E-state index in [1.165, 1.54) is 0 Å². The van der Waals surface area contributed by atoms with E-state index in [4.69, 9.17) is 0 Å². The summed E-state index contributed by atoms with van der Waals surface area (Å²) in [6, 6.07) is 26.6. The van der Waals surface area contributed by atoms with E-state index in [0.29, 0.717) is 0 Å². The van der Waals surface area contributed by atoms with Crippen molar-refractivity contribution in [1.82, 2.24) is 20.6 Å². The fourth-order valence-corrected chi connectivity index (χ4v) is 4.44. The van der Waals surface area contributed by atoms with Gasteiger partial charge in [-0.15, -0.1) is 0 Å². The highest BCUT2D eigenvalue weighted by Crippen LogP contribution is 2.21. The lowest BCUT2D eigenvalue weighted by atomic mass is 10.1. The molecule has 0 bridgehead atoms. The molecule has 2 heterocycles. The van der Waals surface area contributed by atoms with Crippen molar-refractivity contribution in [3.05, 3.63) is 119 Å². The van der Waals surface area contributed by atoms with Crippen molar-refractivity contribution in [2.45, 2.75) is 13.1 Å². The van der Waals surface area contributed by atoms with Crippen molar-refractivity contribution in [2.75, 3.05) is 0 Å². The average Bonchev–Trinajstić information content (AvgIpc) is 3.60. The number of hydrogen-bond donors (Lipinski definition) is 4. The van der Waals surface area contributed by atoms with Crippen LogP contribution in [0, 0.1) is 22.7 Å². The van der Waals surface area contributed by atoms with Gasteiger partial charge in [-0.2, -0.15) is 10.5 Å². The summed E-state index contributed by atoms with van der Waals surface area (Å²) in [5, 5.41) is 26.6. The third-order valence-electron chi connectivity index (χ3n) is 6.47. The van der Waals surface area contributed by atoms with Crippen LogP contribution in [-0.2, 0) is 22.7 Å². The van der Waals surface area contributed by atoms with E-state index in [-0.39, 0.29) is 24.2 Å². The average molecular weight is 525 g/mol. The fraction of sp³-hybridized carbons (Fsp3) is 0.0625. The number of nitrogens with zero attached hydrogens (tertiary/aromatic N) is 2. The van der Waals surface area contributed by atoms with Crippen LogP contribution in [0.4, 0.5) is 0 Å². The van der Waals surface area contributed by atoms with Crippen LogP contribution >= 0.6 is 0 Å². The lowest BCUT2D eigenvalue weighted by molar-refractivity contribution is -0.118. The number of nitrogens with one attached hydrogen (secondary N) is 4. The highest BCUT2D eigenvalue weighted by molar-refractivity contribution is 6.04. The third-order valence-corrected chi connectivity index (χ3v) is 6.47. The fourth-order valence-electron chi connectivity index (χ4n) is 4.44. The molecule has 8 heteroatoms. The molecule has 0 unspecified atom stereocenters. The second kappa shape index (κ2) is 11.7. The zero-order valence-corrected chi connectivity index (χ0v) is 21.4. The molecular formula is C32H24N6O2. The van der Waals surface area contributed by atoms with Crippen LogP contribution in [0.5, 0.6) is 0 Å². The minimum atomic E-state index is -0.479. The lowest BCUT2D eigenvalue weighted by Gasteiger charge is -2.08. The summed E-state index contributed by atoms with van der Waals surface area (Å²) in [5.41, 5.74) is 4.97. The number of H-pyrrole nitrogens is 2. The molecule has 0 spiro atoms. The van der Waals surface area contributed by atoms with Crippen molar-refractivity contribution in [1.29, 1.82) is 10.5 Å². The lowest BCUT2D eigenvalue weighted by Crippen LogP contribution is -2.25. The van der Waals surface area contributed by atoms with E-state index in [9.17, 15) is 20.1 Å². The predicted octanol–water partition coefficient (Wildman–Crippen LogP) is 5.10. The van der Waals surface area contributed by atoms with Gasteiger partial charge in [0.25, 0.3) is 11.8 Å². The minimum absolute atomic E-state index is 0.000748. The topological polar surface area (TPSA) is 137 Å². The highest BCUT2D eigenvalue weighted by Gasteiger charge is 2.13. The van der Waals surface area contributed by atoms with Gasteiger partial charge in [-0.25, -0.2) is 0 Å². The van der Waals surface area contributed by atoms with Crippen LogP contribution in [-0.4, -0.2) is 21.8 Å². The van der Waals surface area contributed by atoms with Gasteiger partial charge in [-0.3, -0.25) is 9.59 Å². The van der Waals surface area contributed by atoms with Gasteiger partial charge < -0.3 is 20.6 Å². The first-order valence-electron chi connectivity index (χ1n) is 12.6. The quantitative estimate of drug-likeness (QED) is 0.166. The van der Waals surface area contributed by atoms with Gasteiger partial charge in [0.15, 0.2) is 0 Å². The maximum absolute atomic E-state index is 12.7. The number of benzene rings is 3. The molecule has 194 valence electrons. The van der Waals surface area contributed by atoms with E-state index in [1.807, 2.05) is 84.9 Å². The molecule has 5 rings (SSSR count). The third kappa shape index (κ3) is 5.67. The predicted molar refractivity (Wildman–Crippen MR) is 154 cm³/mol. The number of carbonyl (C=O) groups excluding carboxylic acids is 2. The summed E-state index contributed by atoms with van der Waals surface area (Å²) in [4.78, 5) is 31.7. The Bertz CT molecular complexity index is 1740. The van der Waals surface area contributed by atoms with Crippen molar-refractivity contribution in [2.24, 2.45) is 0 Å². The zero-order chi connectivity index (χ0) is 27.9. The Labute approximate surface area is 230 Å². The van der Waals surface area contributed by atoms with Crippen LogP contribution in [0.25, 0.3) is 34.0 Å². The number of nitriles is 2. The largest absolute Gasteiger partial charge is 0.361 e. The second-order valence-corrected chi connectivity index (χ2v) is 9.10. The summed E-state index contributed by atoms with van der Waals surface area (Å²) in [7, 11) is 0. The van der Waals surface area contributed by atoms with E-state index in [0.717, 1.165) is 44.1 Å². The molecule has 0 fully saturated rings. The number of amides is 2. The summed E-state index contributed by atoms with van der Waals surface area (Å²) in [6.07, 6.45) is 6.66. The van der Waals surface area contributed by atoms with Gasteiger partial charge in [0, 0.05) is 58.4 Å². The Morgan fingerprint density at radius 2 is 1.12 bits per heavy atom. The summed E-state index contributed by atoms with van der Waals surface area (Å²) >= 11 is 0. The smallest absolute Gasteiger partial charge is 0.262 e. The molecule has 4 N–H and O–H groups in total.